The average Bonchev–Trinajstić information content (AvgIpc) is 3.16. The molecule has 0 spiro atoms. The topological polar surface area (TPSA) is 57.9 Å². The average molecular weight is 489 g/mol. The van der Waals surface area contributed by atoms with Crippen molar-refractivity contribution >= 4 is 10.9 Å². The maximum Gasteiger partial charge on any atom is 0.119 e. The van der Waals surface area contributed by atoms with Gasteiger partial charge in [-0.05, 0) is 98.2 Å². The van der Waals surface area contributed by atoms with Gasteiger partial charge in [-0.15, -0.1) is 0 Å². The molecule has 0 bridgehead atoms. The molecule has 0 fully saturated rings. The first-order chi connectivity index (χ1) is 17.5. The molecule has 4 aromatic rings. The number of likely N-dealkylation sites (N-methyl/N-ethyl adjacent to an activating group) is 1. The minimum atomic E-state index is 0.244. The number of aromatic nitrogens is 1. The number of unbranched alkanes of at least 4 members (excludes halogenated alkanes) is 1. The summed E-state index contributed by atoms with van der Waals surface area (Å²) in [5.74, 6) is 1.38. The number of hydrogen-bond acceptors (Lipinski definition) is 4. The van der Waals surface area contributed by atoms with E-state index in [4.69, 9.17) is 4.74 Å². The highest BCUT2D eigenvalue weighted by Gasteiger charge is 2.17. The van der Waals surface area contributed by atoms with Crippen molar-refractivity contribution in [3.05, 3.63) is 77.9 Å². The first-order valence-electron chi connectivity index (χ1n) is 13.0. The molecule has 5 heteroatoms. The van der Waals surface area contributed by atoms with Gasteiger partial charge in [-0.1, -0.05) is 39.3 Å². The second-order valence-corrected chi connectivity index (χ2v) is 8.96. The van der Waals surface area contributed by atoms with Crippen molar-refractivity contribution < 1.29 is 14.9 Å². The molecular formula is C31H40N2O3. The lowest BCUT2D eigenvalue weighted by atomic mass is 10.1. The van der Waals surface area contributed by atoms with Crippen molar-refractivity contribution in [3.8, 4) is 28.5 Å². The monoisotopic (exact) mass is 488 g/mol. The Kier molecular flexibility index (Phi) is 9.83. The normalized spacial score (nSPS) is 10.9. The molecule has 0 saturated heterocycles. The van der Waals surface area contributed by atoms with Crippen molar-refractivity contribution in [1.82, 2.24) is 9.47 Å². The molecule has 0 aliphatic rings. The number of ether oxygens (including phenoxy) is 1. The van der Waals surface area contributed by atoms with E-state index < -0.39 is 0 Å². The lowest BCUT2D eigenvalue weighted by Crippen LogP contribution is -2.25. The predicted octanol–water partition coefficient (Wildman–Crippen LogP) is 7.21. The Morgan fingerprint density at radius 1 is 0.861 bits per heavy atom. The van der Waals surface area contributed by atoms with Crippen LogP contribution in [0, 0.1) is 6.92 Å². The summed E-state index contributed by atoms with van der Waals surface area (Å²) in [5.41, 5.74) is 5.43. The second-order valence-electron chi connectivity index (χ2n) is 8.96. The molecule has 0 aliphatic carbocycles. The molecule has 4 rings (SSSR count). The van der Waals surface area contributed by atoms with E-state index in [0.29, 0.717) is 13.2 Å². The summed E-state index contributed by atoms with van der Waals surface area (Å²) < 4.78 is 8.23. The third-order valence-corrected chi connectivity index (χ3v) is 6.34. The quantitative estimate of drug-likeness (QED) is 0.248. The fourth-order valence-corrected chi connectivity index (χ4v) is 4.40. The van der Waals surface area contributed by atoms with Gasteiger partial charge in [0.05, 0.1) is 5.69 Å². The van der Waals surface area contributed by atoms with Gasteiger partial charge in [-0.3, -0.25) is 0 Å². The van der Waals surface area contributed by atoms with E-state index in [9.17, 15) is 10.2 Å². The van der Waals surface area contributed by atoms with Crippen molar-refractivity contribution in [2.45, 2.75) is 47.1 Å². The number of rotatable bonds is 10. The van der Waals surface area contributed by atoms with Crippen LogP contribution >= 0.6 is 0 Å². The summed E-state index contributed by atoms with van der Waals surface area (Å²) in [7, 11) is 2.14. The highest BCUT2D eigenvalue weighted by Crippen LogP contribution is 2.36. The molecule has 5 nitrogen and oxygen atoms in total. The Labute approximate surface area is 215 Å². The molecule has 3 aromatic carbocycles. The van der Waals surface area contributed by atoms with E-state index >= 15 is 0 Å². The van der Waals surface area contributed by atoms with Crippen molar-refractivity contribution in [2.24, 2.45) is 0 Å². The second kappa shape index (κ2) is 13.0. The number of benzene rings is 3. The Balaban J connectivity index is 0.00000176. The molecular weight excluding hydrogens is 448 g/mol. The van der Waals surface area contributed by atoms with E-state index in [-0.39, 0.29) is 11.5 Å². The summed E-state index contributed by atoms with van der Waals surface area (Å²) in [6.07, 6.45) is 2.42. The fraction of sp³-hybridized carbons (Fsp3) is 0.355. The van der Waals surface area contributed by atoms with Crippen molar-refractivity contribution in [2.75, 3.05) is 26.7 Å². The maximum absolute atomic E-state index is 10.1. The van der Waals surface area contributed by atoms with Crippen LogP contribution in [-0.4, -0.2) is 46.4 Å². The Bertz CT molecular complexity index is 1230. The van der Waals surface area contributed by atoms with Gasteiger partial charge in [-0.25, -0.2) is 0 Å². The van der Waals surface area contributed by atoms with Gasteiger partial charge in [0.15, 0.2) is 0 Å². The maximum atomic E-state index is 10.1. The summed E-state index contributed by atoms with van der Waals surface area (Å²) in [6.45, 7) is 11.7. The van der Waals surface area contributed by atoms with Gasteiger partial charge in [-0.2, -0.15) is 0 Å². The molecule has 0 saturated carbocycles. The van der Waals surface area contributed by atoms with Gasteiger partial charge in [0.25, 0.3) is 0 Å². The van der Waals surface area contributed by atoms with E-state index in [1.165, 1.54) is 12.8 Å². The van der Waals surface area contributed by atoms with E-state index in [1.807, 2.05) is 50.2 Å². The van der Waals surface area contributed by atoms with Crippen molar-refractivity contribution in [1.29, 1.82) is 0 Å². The van der Waals surface area contributed by atoms with Crippen LogP contribution in [-0.2, 0) is 6.54 Å². The molecule has 0 atom stereocenters. The Hall–Kier alpha value is -3.44. The first kappa shape index (κ1) is 27.2. The van der Waals surface area contributed by atoms with E-state index in [1.54, 1.807) is 18.2 Å². The number of hydrogen-bond donors (Lipinski definition) is 2. The van der Waals surface area contributed by atoms with Gasteiger partial charge in [0.2, 0.25) is 0 Å². The van der Waals surface area contributed by atoms with Gasteiger partial charge < -0.3 is 24.4 Å². The van der Waals surface area contributed by atoms with Crippen LogP contribution in [0.2, 0.25) is 0 Å². The molecule has 1 heterocycles. The fourth-order valence-electron chi connectivity index (χ4n) is 4.40. The standard InChI is InChI=1S/C29H34N2O3.C2H6/c1-4-5-16-30(3)17-18-34-26-13-6-22(7-14-26)20-31-28-15-12-25(33)19-27(28)21(2)29(31)23-8-10-24(32)11-9-23;1-2/h6-15,19,32-33H,4-5,16-18,20H2,1-3H3;1-2H3. The molecule has 2 N–H and O–H groups in total. The van der Waals surface area contributed by atoms with E-state index in [0.717, 1.165) is 52.1 Å². The summed E-state index contributed by atoms with van der Waals surface area (Å²) >= 11 is 0. The van der Waals surface area contributed by atoms with Gasteiger partial charge in [0, 0.05) is 24.0 Å². The number of nitrogens with zero attached hydrogens (tertiary/aromatic N) is 2. The molecule has 36 heavy (non-hydrogen) atoms. The first-order valence-corrected chi connectivity index (χ1v) is 13.0. The zero-order valence-electron chi connectivity index (χ0n) is 22.3. The number of phenolic OH excluding ortho intramolecular Hbond substituents is 2. The Morgan fingerprint density at radius 2 is 1.53 bits per heavy atom. The van der Waals surface area contributed by atoms with Crippen LogP contribution in [0.25, 0.3) is 22.2 Å². The molecule has 192 valence electrons. The van der Waals surface area contributed by atoms with Crippen LogP contribution in [0.3, 0.4) is 0 Å². The smallest absolute Gasteiger partial charge is 0.119 e. The van der Waals surface area contributed by atoms with Crippen LogP contribution in [0.15, 0.2) is 66.7 Å². The highest BCUT2D eigenvalue weighted by molar-refractivity contribution is 5.92. The van der Waals surface area contributed by atoms with Crippen LogP contribution in [0.1, 0.15) is 44.7 Å². The third kappa shape index (κ3) is 6.61. The van der Waals surface area contributed by atoms with E-state index in [2.05, 4.69) is 42.5 Å². The summed E-state index contributed by atoms with van der Waals surface area (Å²) in [5, 5.41) is 20.8. The molecule has 1 aromatic heterocycles. The Morgan fingerprint density at radius 3 is 2.19 bits per heavy atom. The lowest BCUT2D eigenvalue weighted by molar-refractivity contribution is 0.235. The minimum absolute atomic E-state index is 0.244. The summed E-state index contributed by atoms with van der Waals surface area (Å²) in [4.78, 5) is 2.31. The molecule has 0 radical (unpaired) electrons. The number of aromatic hydroxyl groups is 2. The highest BCUT2D eigenvalue weighted by atomic mass is 16.5. The number of fused-ring (bicyclic) bond motifs is 1. The molecule has 0 unspecified atom stereocenters. The number of phenols is 2. The van der Waals surface area contributed by atoms with Gasteiger partial charge >= 0.3 is 0 Å². The summed E-state index contributed by atoms with van der Waals surface area (Å²) in [6, 6.07) is 21.1. The largest absolute Gasteiger partial charge is 0.508 e. The number of aryl methyl sites for hydroxylation is 1. The van der Waals surface area contributed by atoms with Crippen LogP contribution in [0.5, 0.6) is 17.2 Å². The van der Waals surface area contributed by atoms with Gasteiger partial charge in [0.1, 0.15) is 23.9 Å². The lowest BCUT2D eigenvalue weighted by Gasteiger charge is -2.16. The van der Waals surface area contributed by atoms with Crippen molar-refractivity contribution in [3.63, 3.8) is 0 Å². The van der Waals surface area contributed by atoms with Crippen LogP contribution in [0.4, 0.5) is 0 Å². The van der Waals surface area contributed by atoms with Crippen LogP contribution < -0.4 is 4.74 Å². The third-order valence-electron chi connectivity index (χ3n) is 6.34. The SMILES string of the molecule is CC.CCCCN(C)CCOc1ccc(Cn2c(-c3ccc(O)cc3)c(C)c3cc(O)ccc32)cc1. The predicted molar refractivity (Wildman–Crippen MR) is 150 cm³/mol. The minimum Gasteiger partial charge on any atom is -0.508 e. The molecule has 0 amide bonds. The zero-order chi connectivity index (χ0) is 26.1. The zero-order valence-corrected chi connectivity index (χ0v) is 22.3. The molecule has 0 aliphatic heterocycles.